The fraction of sp³-hybridized carbons (Fsp3) is 0.250. The van der Waals surface area contributed by atoms with Gasteiger partial charge in [0.1, 0.15) is 5.69 Å². The van der Waals surface area contributed by atoms with Gasteiger partial charge in [0.25, 0.3) is 11.5 Å². The predicted octanol–water partition coefficient (Wildman–Crippen LogP) is 1.51. The number of hydrogen-bond acceptors (Lipinski definition) is 6. The Balaban J connectivity index is 1.77. The monoisotopic (exact) mass is 498 g/mol. The van der Waals surface area contributed by atoms with Gasteiger partial charge in [-0.1, -0.05) is 0 Å². The molecule has 3 heterocycles. The van der Waals surface area contributed by atoms with Crippen molar-refractivity contribution in [3.8, 4) is 0 Å². The fourth-order valence-corrected chi connectivity index (χ4v) is 4.88. The van der Waals surface area contributed by atoms with Crippen LogP contribution in [0.25, 0.3) is 10.9 Å². The molecule has 1 saturated heterocycles. The quantitative estimate of drug-likeness (QED) is 0.498. The van der Waals surface area contributed by atoms with Gasteiger partial charge in [0.2, 0.25) is 15.6 Å². The van der Waals surface area contributed by atoms with E-state index >= 15 is 0 Å². The summed E-state index contributed by atoms with van der Waals surface area (Å²) in [6.07, 6.45) is -4.31. The van der Waals surface area contributed by atoms with Crippen LogP contribution in [0.15, 0.2) is 51.0 Å². The lowest BCUT2D eigenvalue weighted by Gasteiger charge is -2.26. The number of halogens is 3. The molecule has 14 heteroatoms. The summed E-state index contributed by atoms with van der Waals surface area (Å²) in [4.78, 5) is 41.1. The van der Waals surface area contributed by atoms with E-state index in [9.17, 15) is 36.0 Å². The van der Waals surface area contributed by atoms with Crippen molar-refractivity contribution in [1.82, 2.24) is 14.3 Å². The molecule has 0 radical (unpaired) electrons. The smallest absolute Gasteiger partial charge is 0.379 e. The van der Waals surface area contributed by atoms with Crippen LogP contribution < -0.4 is 16.4 Å². The number of pyridine rings is 2. The van der Waals surface area contributed by atoms with E-state index in [1.807, 2.05) is 4.98 Å². The van der Waals surface area contributed by atoms with Gasteiger partial charge in [-0.2, -0.15) is 17.5 Å². The highest BCUT2D eigenvalue weighted by atomic mass is 32.2. The molecule has 1 aromatic carbocycles. The number of alkyl halides is 3. The summed E-state index contributed by atoms with van der Waals surface area (Å²) in [6, 6.07) is 5.08. The molecule has 2 aromatic heterocycles. The second kappa shape index (κ2) is 8.70. The molecule has 1 amide bonds. The average Bonchev–Trinajstić information content (AvgIpc) is 2.79. The molecule has 0 aliphatic carbocycles. The van der Waals surface area contributed by atoms with E-state index in [2.05, 4.69) is 10.3 Å². The molecule has 0 atom stereocenters. The van der Waals surface area contributed by atoms with E-state index in [-0.39, 0.29) is 47.7 Å². The molecule has 0 bridgehead atoms. The topological polar surface area (TPSA) is 141 Å². The first-order chi connectivity index (χ1) is 16.0. The van der Waals surface area contributed by atoms with Crippen LogP contribution in [0.5, 0.6) is 0 Å². The van der Waals surface area contributed by atoms with Gasteiger partial charge in [0.15, 0.2) is 0 Å². The molecule has 4 rings (SSSR count). The first kappa shape index (κ1) is 23.7. The Kier molecular flexibility index (Phi) is 6.05. The Labute approximate surface area is 189 Å². The normalized spacial score (nSPS) is 15.4. The third kappa shape index (κ3) is 4.60. The lowest BCUT2D eigenvalue weighted by Crippen LogP contribution is -2.40. The van der Waals surface area contributed by atoms with E-state index in [1.54, 1.807) is 0 Å². The molecule has 0 saturated carbocycles. The number of fused-ring (bicyclic) bond motifs is 1. The Morgan fingerprint density at radius 3 is 2.47 bits per heavy atom. The minimum atomic E-state index is -4.77. The minimum Gasteiger partial charge on any atom is -0.379 e. The van der Waals surface area contributed by atoms with Gasteiger partial charge in [-0.3, -0.25) is 14.4 Å². The highest BCUT2D eigenvalue weighted by Crippen LogP contribution is 2.29. The van der Waals surface area contributed by atoms with Gasteiger partial charge < -0.3 is 20.0 Å². The number of benzene rings is 1. The van der Waals surface area contributed by atoms with E-state index in [0.29, 0.717) is 12.3 Å². The van der Waals surface area contributed by atoms with Crippen molar-refractivity contribution in [2.24, 2.45) is 0 Å². The maximum Gasteiger partial charge on any atom is 0.417 e. The van der Waals surface area contributed by atoms with Crippen molar-refractivity contribution in [2.45, 2.75) is 11.1 Å². The van der Waals surface area contributed by atoms with Crippen molar-refractivity contribution in [3.63, 3.8) is 0 Å². The summed E-state index contributed by atoms with van der Waals surface area (Å²) in [5.74, 6) is -1.07. The molecule has 3 N–H and O–H groups in total. The van der Waals surface area contributed by atoms with E-state index in [1.165, 1.54) is 22.5 Å². The number of hydrogen-bond donors (Lipinski definition) is 3. The van der Waals surface area contributed by atoms with Gasteiger partial charge in [-0.05, 0) is 24.3 Å². The number of ether oxygens (including phenoxy) is 1. The third-order valence-electron chi connectivity index (χ3n) is 5.15. The van der Waals surface area contributed by atoms with Crippen LogP contribution >= 0.6 is 0 Å². The number of rotatable bonds is 4. The number of carbonyl (C=O) groups excluding carboxylic acids is 1. The van der Waals surface area contributed by atoms with Crippen molar-refractivity contribution in [2.75, 3.05) is 31.6 Å². The molecule has 1 aliphatic rings. The zero-order valence-electron chi connectivity index (χ0n) is 17.2. The largest absolute Gasteiger partial charge is 0.417 e. The van der Waals surface area contributed by atoms with Gasteiger partial charge in [-0.15, -0.1) is 0 Å². The number of carbonyl (C=O) groups is 1. The zero-order chi connectivity index (χ0) is 24.7. The average molecular weight is 498 g/mol. The summed E-state index contributed by atoms with van der Waals surface area (Å²) in [6.45, 7) is 0.716. The molecule has 180 valence electrons. The van der Waals surface area contributed by atoms with Crippen LogP contribution in [-0.4, -0.2) is 54.9 Å². The molecule has 1 fully saturated rings. The van der Waals surface area contributed by atoms with Crippen LogP contribution in [0.3, 0.4) is 0 Å². The Morgan fingerprint density at radius 2 is 1.79 bits per heavy atom. The van der Waals surface area contributed by atoms with E-state index in [0.717, 1.165) is 6.07 Å². The molecule has 3 aromatic rings. The Hall–Kier alpha value is -3.49. The SMILES string of the molecule is O=C(Nc1cc(C(F)(F)F)c[nH]c1=O)c1cc(=O)[nH]c2ccc(S(=O)(=O)N3CCOCC3)cc12. The lowest BCUT2D eigenvalue weighted by molar-refractivity contribution is -0.137. The van der Waals surface area contributed by atoms with E-state index in [4.69, 9.17) is 4.74 Å². The van der Waals surface area contributed by atoms with Gasteiger partial charge in [0, 0.05) is 36.3 Å². The number of H-pyrrole nitrogens is 2. The Bertz CT molecular complexity index is 1490. The van der Waals surface area contributed by atoms with Crippen LogP contribution in [0.2, 0.25) is 0 Å². The maximum atomic E-state index is 13.0. The van der Waals surface area contributed by atoms with Crippen LogP contribution in [-0.2, 0) is 20.9 Å². The number of nitrogens with zero attached hydrogens (tertiary/aromatic N) is 1. The number of aromatic amines is 2. The first-order valence-electron chi connectivity index (χ1n) is 9.83. The number of amides is 1. The fourth-order valence-electron chi connectivity index (χ4n) is 3.45. The van der Waals surface area contributed by atoms with Crippen molar-refractivity contribution >= 4 is 32.5 Å². The summed E-state index contributed by atoms with van der Waals surface area (Å²) in [7, 11) is -3.94. The number of morpholine rings is 1. The van der Waals surface area contributed by atoms with Crippen LogP contribution in [0.1, 0.15) is 15.9 Å². The number of anilines is 1. The standard InChI is InChI=1S/C20H17F3N4O6S/c21-20(22,23)11-7-16(19(30)24-10-11)26-18(29)14-9-17(28)25-15-2-1-12(8-13(14)15)34(31,32)27-3-5-33-6-4-27/h1-2,7-10H,3-6H2,(H,24,30)(H,25,28)(H,26,29). The molecular formula is C20H17F3N4O6S. The molecule has 1 aliphatic heterocycles. The van der Waals surface area contributed by atoms with Gasteiger partial charge in [-0.25, -0.2) is 8.42 Å². The summed E-state index contributed by atoms with van der Waals surface area (Å²) < 4.78 is 71.3. The molecule has 10 nitrogen and oxygen atoms in total. The van der Waals surface area contributed by atoms with Crippen molar-refractivity contribution in [1.29, 1.82) is 0 Å². The van der Waals surface area contributed by atoms with E-state index < -0.39 is 44.5 Å². The number of nitrogens with one attached hydrogen (secondary N) is 3. The second-order valence-electron chi connectivity index (χ2n) is 7.35. The maximum absolute atomic E-state index is 13.0. The molecule has 34 heavy (non-hydrogen) atoms. The van der Waals surface area contributed by atoms with Crippen molar-refractivity contribution in [3.05, 3.63) is 68.4 Å². The third-order valence-corrected chi connectivity index (χ3v) is 7.04. The second-order valence-corrected chi connectivity index (χ2v) is 9.29. The summed E-state index contributed by atoms with van der Waals surface area (Å²) in [5.41, 5.74) is -3.79. The highest BCUT2D eigenvalue weighted by Gasteiger charge is 2.32. The Morgan fingerprint density at radius 1 is 1.09 bits per heavy atom. The lowest BCUT2D eigenvalue weighted by atomic mass is 10.1. The molecule has 0 unspecified atom stereocenters. The van der Waals surface area contributed by atoms with Gasteiger partial charge >= 0.3 is 6.18 Å². The van der Waals surface area contributed by atoms with Gasteiger partial charge in [0.05, 0.1) is 29.2 Å². The van der Waals surface area contributed by atoms with Crippen LogP contribution in [0, 0.1) is 0 Å². The number of sulfonamides is 1. The highest BCUT2D eigenvalue weighted by molar-refractivity contribution is 7.89. The zero-order valence-corrected chi connectivity index (χ0v) is 18.0. The first-order valence-corrected chi connectivity index (χ1v) is 11.3. The minimum absolute atomic E-state index is 0.0230. The predicted molar refractivity (Wildman–Crippen MR) is 114 cm³/mol. The van der Waals surface area contributed by atoms with Crippen molar-refractivity contribution < 1.29 is 31.1 Å². The summed E-state index contributed by atoms with van der Waals surface area (Å²) >= 11 is 0. The summed E-state index contributed by atoms with van der Waals surface area (Å²) in [5, 5.41) is 2.09. The molecule has 0 spiro atoms. The number of aromatic nitrogens is 2. The molecular weight excluding hydrogens is 481 g/mol. The van der Waals surface area contributed by atoms with Crippen LogP contribution in [0.4, 0.5) is 18.9 Å².